The van der Waals surface area contributed by atoms with Gasteiger partial charge in [-0.15, -0.1) is 0 Å². The fourth-order valence-electron chi connectivity index (χ4n) is 3.38. The largest absolute Gasteiger partial charge is 1.00 e. The summed E-state index contributed by atoms with van der Waals surface area (Å²) in [7, 11) is -4.05. The molecule has 0 aromatic rings. The summed E-state index contributed by atoms with van der Waals surface area (Å²) in [5.41, 5.74) is 0. The minimum atomic E-state index is -4.05. The summed E-state index contributed by atoms with van der Waals surface area (Å²) >= 11 is 0. The fourth-order valence-corrected chi connectivity index (χ4v) is 3.94. The van der Waals surface area contributed by atoms with Gasteiger partial charge in [0.15, 0.2) is 0 Å². The minimum absolute atomic E-state index is 0. The van der Waals surface area contributed by atoms with Gasteiger partial charge in [0, 0.05) is 5.75 Å². The van der Waals surface area contributed by atoms with Crippen molar-refractivity contribution < 1.29 is 69.5 Å². The van der Waals surface area contributed by atoms with E-state index >= 15 is 0 Å². The van der Waals surface area contributed by atoms with Crippen LogP contribution in [0.5, 0.6) is 0 Å². The van der Waals surface area contributed by atoms with E-state index in [0.29, 0.717) is 6.42 Å². The Hall–Kier alpha value is 1.51. The summed E-state index contributed by atoms with van der Waals surface area (Å²) in [6.07, 6.45) is 20.4. The summed E-state index contributed by atoms with van der Waals surface area (Å²) in [5.74, 6) is -0.242. The van der Waals surface area contributed by atoms with Gasteiger partial charge in [-0.3, -0.25) is 0 Å². The summed E-state index contributed by atoms with van der Waals surface area (Å²) in [6.45, 7) is 2.26. The van der Waals surface area contributed by atoms with Gasteiger partial charge in [0.1, 0.15) is 0 Å². The van der Waals surface area contributed by atoms with Crippen LogP contribution in [-0.2, 0) is 10.1 Å². The summed E-state index contributed by atoms with van der Waals surface area (Å²) in [4.78, 5) is 0. The number of hydrogen-bond donors (Lipinski definition) is 1. The van der Waals surface area contributed by atoms with E-state index in [1.54, 1.807) is 0 Å². The maximum Gasteiger partial charge on any atom is 1.00 e. The van der Waals surface area contributed by atoms with Crippen molar-refractivity contribution in [2.75, 3.05) is 5.75 Å². The Morgan fingerprint density at radius 1 is 0.667 bits per heavy atom. The smallest absolute Gasteiger partial charge is 0.748 e. The van der Waals surface area contributed by atoms with Gasteiger partial charge in [-0.05, 0) is 19.3 Å². The maximum absolute atomic E-state index is 10.5. The van der Waals surface area contributed by atoms with Crippen LogP contribution in [0, 0.1) is 0 Å². The summed E-state index contributed by atoms with van der Waals surface area (Å²) in [5, 5.41) is 9.98. The van der Waals surface area contributed by atoms with Crippen molar-refractivity contribution in [2.45, 2.75) is 129 Å². The molecular weight excluding hydrogens is 387 g/mol. The molecule has 1 unspecified atom stereocenters. The van der Waals surface area contributed by atoms with E-state index in [2.05, 4.69) is 6.92 Å². The van der Waals surface area contributed by atoms with E-state index in [9.17, 15) is 18.1 Å². The molecule has 158 valence electrons. The second kappa shape index (κ2) is 22.2. The Kier molecular flexibility index (Phi) is 25.2. The Labute approximate surface area is 211 Å². The summed E-state index contributed by atoms with van der Waals surface area (Å²) in [6, 6.07) is 0. The molecule has 0 aliphatic carbocycles. The van der Waals surface area contributed by atoms with E-state index < -0.39 is 10.1 Å². The third kappa shape index (κ3) is 27.5. The molecule has 0 heterocycles. The zero-order valence-electron chi connectivity index (χ0n) is 18.1. The van der Waals surface area contributed by atoms with E-state index in [0.717, 1.165) is 44.9 Å². The molecule has 0 aliphatic rings. The molecule has 4 nitrogen and oxygen atoms in total. The molecule has 0 saturated carbocycles. The second-order valence-electron chi connectivity index (χ2n) is 7.80. The minimum Gasteiger partial charge on any atom is -0.748 e. The van der Waals surface area contributed by atoms with Crippen LogP contribution in [0.15, 0.2) is 0 Å². The van der Waals surface area contributed by atoms with Crippen molar-refractivity contribution in [3.8, 4) is 0 Å². The molecule has 0 aliphatic heterocycles. The van der Waals surface area contributed by atoms with Crippen LogP contribution in [0.1, 0.15) is 122 Å². The van der Waals surface area contributed by atoms with Gasteiger partial charge in [-0.2, -0.15) is 0 Å². The first kappa shape index (κ1) is 30.7. The molecule has 0 aromatic carbocycles. The molecule has 27 heavy (non-hydrogen) atoms. The molecule has 1 atom stereocenters. The molecule has 0 saturated heterocycles. The summed E-state index contributed by atoms with van der Waals surface area (Å²) < 4.78 is 31.4. The van der Waals surface area contributed by atoms with Crippen molar-refractivity contribution in [3.63, 3.8) is 0 Å². The quantitative estimate of drug-likeness (QED) is 0.183. The van der Waals surface area contributed by atoms with Crippen molar-refractivity contribution in [1.29, 1.82) is 0 Å². The van der Waals surface area contributed by atoms with Crippen LogP contribution in [0.25, 0.3) is 0 Å². The SMILES string of the molecule is CCCCCCCCCCCCCC(O)CCCCCCCS(=O)(=O)[O-].[K+]. The molecule has 0 bridgehead atoms. The second-order valence-corrected chi connectivity index (χ2v) is 9.32. The van der Waals surface area contributed by atoms with Gasteiger partial charge in [-0.1, -0.05) is 103 Å². The van der Waals surface area contributed by atoms with Gasteiger partial charge < -0.3 is 9.66 Å². The molecule has 0 fully saturated rings. The third-order valence-corrected chi connectivity index (χ3v) is 5.86. The monoisotopic (exact) mass is 430 g/mol. The zero-order valence-corrected chi connectivity index (χ0v) is 22.0. The van der Waals surface area contributed by atoms with E-state index in [-0.39, 0.29) is 63.2 Å². The molecule has 1 N–H and O–H groups in total. The van der Waals surface area contributed by atoms with Crippen molar-refractivity contribution in [2.24, 2.45) is 0 Å². The van der Waals surface area contributed by atoms with Gasteiger partial charge >= 0.3 is 51.4 Å². The first-order valence-electron chi connectivity index (χ1n) is 11.1. The van der Waals surface area contributed by atoms with Crippen LogP contribution < -0.4 is 51.4 Å². The molecule has 0 spiro atoms. The van der Waals surface area contributed by atoms with Crippen LogP contribution in [0.3, 0.4) is 0 Å². The predicted molar refractivity (Wildman–Crippen MR) is 109 cm³/mol. The zero-order chi connectivity index (χ0) is 19.5. The number of rotatable bonds is 20. The molecule has 0 rings (SSSR count). The predicted octanol–water partition coefficient (Wildman–Crippen LogP) is 2.94. The van der Waals surface area contributed by atoms with Crippen LogP contribution in [-0.4, -0.2) is 29.9 Å². The molecular formula is C21H43KO4S. The van der Waals surface area contributed by atoms with Gasteiger partial charge in [-0.25, -0.2) is 8.42 Å². The fraction of sp³-hybridized carbons (Fsp3) is 1.00. The van der Waals surface area contributed by atoms with E-state index in [1.807, 2.05) is 0 Å². The van der Waals surface area contributed by atoms with Gasteiger partial charge in [0.25, 0.3) is 0 Å². The average molecular weight is 431 g/mol. The molecule has 0 amide bonds. The number of unbranched alkanes of at least 4 members (excludes halogenated alkanes) is 14. The molecule has 0 aromatic heterocycles. The van der Waals surface area contributed by atoms with Crippen LogP contribution in [0.2, 0.25) is 0 Å². The van der Waals surface area contributed by atoms with E-state index in [1.165, 1.54) is 64.2 Å². The normalized spacial score (nSPS) is 12.7. The van der Waals surface area contributed by atoms with Crippen molar-refractivity contribution in [1.82, 2.24) is 0 Å². The van der Waals surface area contributed by atoms with Crippen molar-refractivity contribution in [3.05, 3.63) is 0 Å². The first-order valence-corrected chi connectivity index (χ1v) is 12.6. The van der Waals surface area contributed by atoms with Crippen molar-refractivity contribution >= 4 is 10.1 Å². The third-order valence-electron chi connectivity index (χ3n) is 5.07. The first-order chi connectivity index (χ1) is 12.5. The number of aliphatic hydroxyl groups excluding tert-OH is 1. The van der Waals surface area contributed by atoms with Gasteiger partial charge in [0.05, 0.1) is 16.2 Å². The Morgan fingerprint density at radius 3 is 1.37 bits per heavy atom. The van der Waals surface area contributed by atoms with Crippen LogP contribution >= 0.6 is 0 Å². The maximum atomic E-state index is 10.5. The number of hydrogen-bond acceptors (Lipinski definition) is 4. The Balaban J connectivity index is 0. The topological polar surface area (TPSA) is 77.4 Å². The standard InChI is InChI=1S/C21H44O4S.K/c1-2-3-4-5-6-7-8-9-10-12-15-18-21(22)19-16-13-11-14-17-20-26(23,24)25;/h21-22H,2-20H2,1H3,(H,23,24,25);/q;+1/p-1. The average Bonchev–Trinajstić information content (AvgIpc) is 2.58. The number of aliphatic hydroxyl groups is 1. The molecule has 6 heteroatoms. The molecule has 0 radical (unpaired) electrons. The Bertz CT molecular complexity index is 388. The van der Waals surface area contributed by atoms with E-state index in [4.69, 9.17) is 0 Å². The van der Waals surface area contributed by atoms with Gasteiger partial charge in [0.2, 0.25) is 0 Å². The van der Waals surface area contributed by atoms with Crippen LogP contribution in [0.4, 0.5) is 0 Å². The Morgan fingerprint density at radius 2 is 1.00 bits per heavy atom.